The number of nitrogens with zero attached hydrogens (tertiary/aromatic N) is 2. The lowest BCUT2D eigenvalue weighted by Crippen LogP contribution is -2.51. The molecule has 110 valence electrons. The SMILES string of the molecule is O=C1c2ccccc2C(=O)N1CN1CCC[C@@H]2CNC[C@@H]21. The number of fused-ring (bicyclic) bond motifs is 2. The molecule has 3 aliphatic rings. The van der Waals surface area contributed by atoms with E-state index in [1.807, 2.05) is 12.1 Å². The fourth-order valence-corrected chi connectivity index (χ4v) is 3.89. The van der Waals surface area contributed by atoms with Crippen LogP contribution in [0.1, 0.15) is 33.6 Å². The fraction of sp³-hybridized carbons (Fsp3) is 0.500. The molecule has 3 heterocycles. The molecule has 0 spiro atoms. The minimum Gasteiger partial charge on any atom is -0.315 e. The third-order valence-corrected chi connectivity index (χ3v) is 4.99. The Morgan fingerprint density at radius 2 is 1.81 bits per heavy atom. The van der Waals surface area contributed by atoms with Crippen LogP contribution < -0.4 is 5.32 Å². The Morgan fingerprint density at radius 3 is 2.52 bits per heavy atom. The Kier molecular flexibility index (Phi) is 3.05. The van der Waals surface area contributed by atoms with Crippen LogP contribution in [0.5, 0.6) is 0 Å². The maximum atomic E-state index is 12.4. The smallest absolute Gasteiger partial charge is 0.262 e. The van der Waals surface area contributed by atoms with Crippen LogP contribution in [0.3, 0.4) is 0 Å². The summed E-state index contributed by atoms with van der Waals surface area (Å²) in [6.07, 6.45) is 2.39. The van der Waals surface area contributed by atoms with Crippen molar-refractivity contribution in [3.63, 3.8) is 0 Å². The van der Waals surface area contributed by atoms with Crippen LogP contribution >= 0.6 is 0 Å². The number of carbonyl (C=O) groups excluding carboxylic acids is 2. The molecule has 2 amide bonds. The monoisotopic (exact) mass is 285 g/mol. The van der Waals surface area contributed by atoms with Gasteiger partial charge in [0.2, 0.25) is 0 Å². The van der Waals surface area contributed by atoms with E-state index in [1.54, 1.807) is 12.1 Å². The summed E-state index contributed by atoms with van der Waals surface area (Å²) >= 11 is 0. The number of carbonyl (C=O) groups is 2. The summed E-state index contributed by atoms with van der Waals surface area (Å²) in [6, 6.07) is 7.57. The first-order valence-electron chi connectivity index (χ1n) is 7.65. The Labute approximate surface area is 123 Å². The third kappa shape index (κ3) is 2.00. The van der Waals surface area contributed by atoms with Gasteiger partial charge in [-0.05, 0) is 37.4 Å². The average Bonchev–Trinajstić information content (AvgIpc) is 3.08. The fourth-order valence-electron chi connectivity index (χ4n) is 3.89. The molecule has 3 aliphatic heterocycles. The molecule has 0 aliphatic carbocycles. The Hall–Kier alpha value is -1.72. The lowest BCUT2D eigenvalue weighted by atomic mass is 9.92. The van der Waals surface area contributed by atoms with Gasteiger partial charge in [0.25, 0.3) is 11.8 Å². The standard InChI is InChI=1S/C16H19N3O2/c20-15-12-5-1-2-6-13(12)16(21)19(15)10-18-7-3-4-11-8-17-9-14(11)18/h1-2,5-6,11,14,17H,3-4,7-10H2/t11-,14+/m1/s1. The average molecular weight is 285 g/mol. The number of likely N-dealkylation sites (tertiary alicyclic amines) is 1. The molecular weight excluding hydrogens is 266 g/mol. The second-order valence-electron chi connectivity index (χ2n) is 6.17. The predicted octanol–water partition coefficient (Wildman–Crippen LogP) is 0.924. The number of amides is 2. The van der Waals surface area contributed by atoms with Crippen LogP contribution in [-0.4, -0.2) is 54.0 Å². The van der Waals surface area contributed by atoms with E-state index in [2.05, 4.69) is 10.2 Å². The molecule has 5 nitrogen and oxygen atoms in total. The Balaban J connectivity index is 1.56. The largest absolute Gasteiger partial charge is 0.315 e. The molecule has 2 saturated heterocycles. The Bertz CT molecular complexity index is 566. The lowest BCUT2D eigenvalue weighted by Gasteiger charge is -2.38. The number of nitrogens with one attached hydrogen (secondary N) is 1. The van der Waals surface area contributed by atoms with E-state index in [9.17, 15) is 9.59 Å². The van der Waals surface area contributed by atoms with Gasteiger partial charge in [0, 0.05) is 19.1 Å². The first-order chi connectivity index (χ1) is 10.3. The summed E-state index contributed by atoms with van der Waals surface area (Å²) in [6.45, 7) is 3.42. The topological polar surface area (TPSA) is 52.7 Å². The summed E-state index contributed by atoms with van der Waals surface area (Å²) in [7, 11) is 0. The number of imide groups is 1. The lowest BCUT2D eigenvalue weighted by molar-refractivity contribution is 0.0384. The summed E-state index contributed by atoms with van der Waals surface area (Å²) in [5.74, 6) is 0.362. The minimum absolute atomic E-state index is 0.149. The Morgan fingerprint density at radius 1 is 1.10 bits per heavy atom. The maximum Gasteiger partial charge on any atom is 0.262 e. The van der Waals surface area contributed by atoms with E-state index in [0.29, 0.717) is 29.8 Å². The molecule has 5 heteroatoms. The number of benzene rings is 1. The molecule has 21 heavy (non-hydrogen) atoms. The van der Waals surface area contributed by atoms with Crippen molar-refractivity contribution in [1.29, 1.82) is 0 Å². The van der Waals surface area contributed by atoms with Crippen molar-refractivity contribution in [3.05, 3.63) is 35.4 Å². The zero-order valence-corrected chi connectivity index (χ0v) is 11.9. The molecule has 1 aromatic rings. The predicted molar refractivity (Wildman–Crippen MR) is 77.9 cm³/mol. The van der Waals surface area contributed by atoms with Crippen molar-refractivity contribution < 1.29 is 9.59 Å². The van der Waals surface area contributed by atoms with E-state index >= 15 is 0 Å². The third-order valence-electron chi connectivity index (χ3n) is 4.99. The van der Waals surface area contributed by atoms with Crippen LogP contribution in [0.2, 0.25) is 0 Å². The molecule has 0 bridgehead atoms. The minimum atomic E-state index is -0.149. The molecular formula is C16H19N3O2. The summed E-state index contributed by atoms with van der Waals surface area (Å²) < 4.78 is 0. The van der Waals surface area contributed by atoms with Gasteiger partial charge in [0.05, 0.1) is 17.8 Å². The first kappa shape index (κ1) is 13.0. The van der Waals surface area contributed by atoms with Crippen molar-refractivity contribution in [3.8, 4) is 0 Å². The van der Waals surface area contributed by atoms with E-state index in [1.165, 1.54) is 11.3 Å². The number of hydrogen-bond acceptors (Lipinski definition) is 4. The normalized spacial score (nSPS) is 28.9. The molecule has 0 radical (unpaired) electrons. The maximum absolute atomic E-state index is 12.4. The summed E-state index contributed by atoms with van der Waals surface area (Å²) in [5.41, 5.74) is 1.08. The van der Waals surface area contributed by atoms with Crippen LogP contribution in [0, 0.1) is 5.92 Å². The zero-order chi connectivity index (χ0) is 14.4. The van der Waals surface area contributed by atoms with Gasteiger partial charge < -0.3 is 5.32 Å². The molecule has 0 aromatic heterocycles. The molecule has 2 atom stereocenters. The molecule has 2 fully saturated rings. The van der Waals surface area contributed by atoms with Gasteiger partial charge in [-0.25, -0.2) is 0 Å². The van der Waals surface area contributed by atoms with Crippen molar-refractivity contribution >= 4 is 11.8 Å². The quantitative estimate of drug-likeness (QED) is 0.821. The second kappa shape index (κ2) is 4.93. The molecule has 0 saturated carbocycles. The number of rotatable bonds is 2. The van der Waals surface area contributed by atoms with E-state index < -0.39 is 0 Å². The van der Waals surface area contributed by atoms with Crippen molar-refractivity contribution in [1.82, 2.24) is 15.1 Å². The van der Waals surface area contributed by atoms with Gasteiger partial charge in [0.1, 0.15) is 0 Å². The van der Waals surface area contributed by atoms with E-state index in [-0.39, 0.29) is 11.8 Å². The van der Waals surface area contributed by atoms with Crippen molar-refractivity contribution in [2.24, 2.45) is 5.92 Å². The highest BCUT2D eigenvalue weighted by Gasteiger charge is 2.40. The summed E-state index contributed by atoms with van der Waals surface area (Å²) in [5, 5.41) is 3.43. The van der Waals surface area contributed by atoms with Crippen molar-refractivity contribution in [2.45, 2.75) is 18.9 Å². The highest BCUT2D eigenvalue weighted by atomic mass is 16.2. The highest BCUT2D eigenvalue weighted by Crippen LogP contribution is 2.28. The molecule has 1 N–H and O–H groups in total. The molecule has 1 aromatic carbocycles. The number of hydrogen-bond donors (Lipinski definition) is 1. The van der Waals surface area contributed by atoms with Crippen LogP contribution in [0.15, 0.2) is 24.3 Å². The van der Waals surface area contributed by atoms with Gasteiger partial charge in [-0.2, -0.15) is 0 Å². The first-order valence-corrected chi connectivity index (χ1v) is 7.65. The molecule has 0 unspecified atom stereocenters. The van der Waals surface area contributed by atoms with Crippen LogP contribution in [0.4, 0.5) is 0 Å². The molecule has 4 rings (SSSR count). The number of piperidine rings is 1. The van der Waals surface area contributed by atoms with E-state index in [4.69, 9.17) is 0 Å². The van der Waals surface area contributed by atoms with Crippen LogP contribution in [-0.2, 0) is 0 Å². The zero-order valence-electron chi connectivity index (χ0n) is 11.9. The second-order valence-corrected chi connectivity index (χ2v) is 6.17. The van der Waals surface area contributed by atoms with Gasteiger partial charge in [-0.15, -0.1) is 0 Å². The van der Waals surface area contributed by atoms with Crippen LogP contribution in [0.25, 0.3) is 0 Å². The van der Waals surface area contributed by atoms with E-state index in [0.717, 1.165) is 26.1 Å². The van der Waals surface area contributed by atoms with Crippen molar-refractivity contribution in [2.75, 3.05) is 26.3 Å². The van der Waals surface area contributed by atoms with Gasteiger partial charge in [-0.3, -0.25) is 19.4 Å². The van der Waals surface area contributed by atoms with Gasteiger partial charge in [-0.1, -0.05) is 12.1 Å². The summed E-state index contributed by atoms with van der Waals surface area (Å²) in [4.78, 5) is 28.6. The highest BCUT2D eigenvalue weighted by molar-refractivity contribution is 6.21. The van der Waals surface area contributed by atoms with Gasteiger partial charge >= 0.3 is 0 Å². The van der Waals surface area contributed by atoms with Gasteiger partial charge in [0.15, 0.2) is 0 Å².